The summed E-state index contributed by atoms with van der Waals surface area (Å²) in [5.74, 6) is 0.480. The lowest BCUT2D eigenvalue weighted by atomic mass is 10.2. The fourth-order valence-electron chi connectivity index (χ4n) is 2.30. The Morgan fingerprint density at radius 3 is 2.76 bits per heavy atom. The summed E-state index contributed by atoms with van der Waals surface area (Å²) in [6, 6.07) is 5.47. The Bertz CT molecular complexity index is 818. The number of sulfonamides is 1. The quantitative estimate of drug-likeness (QED) is 0.703. The van der Waals surface area contributed by atoms with Gasteiger partial charge >= 0.3 is 0 Å². The highest BCUT2D eigenvalue weighted by atomic mass is 32.2. The van der Waals surface area contributed by atoms with E-state index in [2.05, 4.69) is 15.4 Å². The minimum Gasteiger partial charge on any atom is -0.352 e. The molecule has 0 unspecified atom stereocenters. The largest absolute Gasteiger partial charge is 0.352 e. The maximum atomic E-state index is 12.3. The zero-order chi connectivity index (χ0) is 18.4. The number of rotatable bonds is 8. The van der Waals surface area contributed by atoms with Crippen molar-refractivity contribution in [2.24, 2.45) is 0 Å². The summed E-state index contributed by atoms with van der Waals surface area (Å²) in [5, 5.41) is 7.01. The van der Waals surface area contributed by atoms with E-state index in [-0.39, 0.29) is 11.7 Å². The van der Waals surface area contributed by atoms with Crippen molar-refractivity contribution >= 4 is 15.9 Å². The molecule has 0 saturated carbocycles. The van der Waals surface area contributed by atoms with Gasteiger partial charge in [-0.1, -0.05) is 6.07 Å². The van der Waals surface area contributed by atoms with Gasteiger partial charge in [0.05, 0.1) is 23.2 Å². The number of hydrogen-bond donors (Lipinski definition) is 1. The van der Waals surface area contributed by atoms with E-state index in [0.717, 1.165) is 0 Å². The monoisotopic (exact) mass is 365 g/mol. The first-order valence-electron chi connectivity index (χ1n) is 8.05. The Morgan fingerprint density at radius 2 is 2.12 bits per heavy atom. The zero-order valence-corrected chi connectivity index (χ0v) is 15.5. The summed E-state index contributed by atoms with van der Waals surface area (Å²) in [5.41, 5.74) is 1.17. The topological polar surface area (TPSA) is 97.2 Å². The number of hydrogen-bond acceptors (Lipinski definition) is 5. The van der Waals surface area contributed by atoms with Crippen molar-refractivity contribution in [3.63, 3.8) is 0 Å². The molecule has 0 spiro atoms. The van der Waals surface area contributed by atoms with E-state index in [9.17, 15) is 13.2 Å². The van der Waals surface area contributed by atoms with Crippen LogP contribution in [0.5, 0.6) is 0 Å². The van der Waals surface area contributed by atoms with Crippen molar-refractivity contribution in [2.45, 2.75) is 20.3 Å². The van der Waals surface area contributed by atoms with Crippen LogP contribution in [0.3, 0.4) is 0 Å². The first kappa shape index (κ1) is 19.1. The molecule has 0 aromatic carbocycles. The van der Waals surface area contributed by atoms with Crippen LogP contribution < -0.4 is 5.32 Å². The highest BCUT2D eigenvalue weighted by molar-refractivity contribution is 7.89. The van der Waals surface area contributed by atoms with Crippen LogP contribution in [0.15, 0.2) is 30.6 Å². The standard InChI is InChI=1S/C16H23N5O3S/c1-4-25(23,24)20(3)11-7-10-18-16(22)14-12-19-21(13(14)2)15-8-5-6-9-17-15/h5-6,8-9,12H,4,7,10-11H2,1-3H3,(H,18,22). The molecule has 0 saturated heterocycles. The van der Waals surface area contributed by atoms with Crippen LogP contribution in [-0.2, 0) is 10.0 Å². The third-order valence-corrected chi connectivity index (χ3v) is 5.76. The van der Waals surface area contributed by atoms with Crippen molar-refractivity contribution in [1.82, 2.24) is 24.4 Å². The number of carbonyl (C=O) groups is 1. The van der Waals surface area contributed by atoms with Gasteiger partial charge in [-0.2, -0.15) is 5.10 Å². The van der Waals surface area contributed by atoms with E-state index in [1.54, 1.807) is 31.8 Å². The summed E-state index contributed by atoms with van der Waals surface area (Å²) in [4.78, 5) is 16.5. The van der Waals surface area contributed by atoms with E-state index in [0.29, 0.717) is 36.6 Å². The van der Waals surface area contributed by atoms with E-state index in [1.807, 2.05) is 18.2 Å². The van der Waals surface area contributed by atoms with Crippen LogP contribution in [-0.4, -0.2) is 59.3 Å². The average Bonchev–Trinajstić information content (AvgIpc) is 3.00. The van der Waals surface area contributed by atoms with Crippen LogP contribution in [0, 0.1) is 6.92 Å². The lowest BCUT2D eigenvalue weighted by Gasteiger charge is -2.15. The molecule has 0 aliphatic carbocycles. The predicted molar refractivity (Wildman–Crippen MR) is 95.1 cm³/mol. The summed E-state index contributed by atoms with van der Waals surface area (Å²) in [6.07, 6.45) is 3.71. The number of pyridine rings is 1. The van der Waals surface area contributed by atoms with Gasteiger partial charge in [0, 0.05) is 26.3 Å². The first-order chi connectivity index (χ1) is 11.9. The molecule has 1 N–H and O–H groups in total. The minimum absolute atomic E-state index is 0.0712. The Kier molecular flexibility index (Phi) is 6.27. The van der Waals surface area contributed by atoms with Gasteiger partial charge in [-0.3, -0.25) is 4.79 Å². The van der Waals surface area contributed by atoms with Crippen molar-refractivity contribution in [1.29, 1.82) is 0 Å². The molecule has 2 aromatic heterocycles. The van der Waals surface area contributed by atoms with Gasteiger partial charge in [0.2, 0.25) is 10.0 Å². The minimum atomic E-state index is -3.18. The smallest absolute Gasteiger partial charge is 0.254 e. The molecule has 2 heterocycles. The summed E-state index contributed by atoms with van der Waals surface area (Å²) in [7, 11) is -1.64. The average molecular weight is 365 g/mol. The molecule has 0 aliphatic heterocycles. The second-order valence-corrected chi connectivity index (χ2v) is 7.94. The third kappa shape index (κ3) is 4.64. The number of carbonyl (C=O) groups excluding carboxylic acids is 1. The van der Waals surface area contributed by atoms with Crippen molar-refractivity contribution in [3.05, 3.63) is 41.9 Å². The second-order valence-electron chi connectivity index (χ2n) is 5.57. The Morgan fingerprint density at radius 1 is 1.36 bits per heavy atom. The number of aromatic nitrogens is 3. The van der Waals surface area contributed by atoms with Gasteiger partial charge in [-0.05, 0) is 32.4 Å². The molecule has 0 bridgehead atoms. The van der Waals surface area contributed by atoms with E-state index in [1.165, 1.54) is 10.5 Å². The van der Waals surface area contributed by atoms with Crippen molar-refractivity contribution < 1.29 is 13.2 Å². The fraction of sp³-hybridized carbons (Fsp3) is 0.438. The van der Waals surface area contributed by atoms with Crippen LogP contribution in [0.25, 0.3) is 5.82 Å². The van der Waals surface area contributed by atoms with Gasteiger partial charge in [0.25, 0.3) is 5.91 Å². The van der Waals surface area contributed by atoms with E-state index in [4.69, 9.17) is 0 Å². The summed E-state index contributed by atoms with van der Waals surface area (Å²) < 4.78 is 26.2. The Labute approximate surface area is 147 Å². The summed E-state index contributed by atoms with van der Waals surface area (Å²) in [6.45, 7) is 4.16. The fourth-order valence-corrected chi connectivity index (χ4v) is 3.15. The Balaban J connectivity index is 1.91. The molecule has 0 radical (unpaired) electrons. The molecule has 2 aromatic rings. The van der Waals surface area contributed by atoms with Crippen LogP contribution in [0.4, 0.5) is 0 Å². The summed E-state index contributed by atoms with van der Waals surface area (Å²) >= 11 is 0. The normalized spacial score (nSPS) is 11.7. The maximum Gasteiger partial charge on any atom is 0.254 e. The lowest BCUT2D eigenvalue weighted by Crippen LogP contribution is -2.32. The molecule has 2 rings (SSSR count). The molecule has 25 heavy (non-hydrogen) atoms. The van der Waals surface area contributed by atoms with E-state index < -0.39 is 10.0 Å². The van der Waals surface area contributed by atoms with Gasteiger partial charge in [0.15, 0.2) is 5.82 Å². The highest BCUT2D eigenvalue weighted by Gasteiger charge is 2.16. The van der Waals surface area contributed by atoms with Gasteiger partial charge in [0.1, 0.15) is 0 Å². The Hall–Kier alpha value is -2.26. The number of amides is 1. The van der Waals surface area contributed by atoms with Crippen LogP contribution >= 0.6 is 0 Å². The molecular formula is C16H23N5O3S. The molecule has 0 fully saturated rings. The highest BCUT2D eigenvalue weighted by Crippen LogP contribution is 2.12. The van der Waals surface area contributed by atoms with Gasteiger partial charge in [-0.15, -0.1) is 0 Å². The van der Waals surface area contributed by atoms with Gasteiger partial charge < -0.3 is 5.32 Å². The molecule has 1 amide bonds. The van der Waals surface area contributed by atoms with Crippen molar-refractivity contribution in [3.8, 4) is 5.82 Å². The van der Waals surface area contributed by atoms with E-state index >= 15 is 0 Å². The van der Waals surface area contributed by atoms with Gasteiger partial charge in [-0.25, -0.2) is 22.4 Å². The lowest BCUT2D eigenvalue weighted by molar-refractivity contribution is 0.0952. The third-order valence-electron chi connectivity index (χ3n) is 3.90. The van der Waals surface area contributed by atoms with Crippen molar-refractivity contribution in [2.75, 3.05) is 25.9 Å². The SMILES string of the molecule is CCS(=O)(=O)N(C)CCCNC(=O)c1cnn(-c2ccccn2)c1C. The maximum absolute atomic E-state index is 12.3. The molecule has 8 nitrogen and oxygen atoms in total. The van der Waals surface area contributed by atoms with Crippen LogP contribution in [0.1, 0.15) is 29.4 Å². The first-order valence-corrected chi connectivity index (χ1v) is 9.66. The number of nitrogens with zero attached hydrogens (tertiary/aromatic N) is 4. The zero-order valence-electron chi connectivity index (χ0n) is 14.6. The molecular weight excluding hydrogens is 342 g/mol. The second kappa shape index (κ2) is 8.21. The molecule has 0 atom stereocenters. The van der Waals surface area contributed by atoms with Crippen LogP contribution in [0.2, 0.25) is 0 Å². The molecule has 0 aliphatic rings. The molecule has 136 valence electrons. The predicted octanol–water partition coefficient (Wildman–Crippen LogP) is 0.977. The molecule has 9 heteroatoms. The number of nitrogens with one attached hydrogen (secondary N) is 1.